The summed E-state index contributed by atoms with van der Waals surface area (Å²) in [7, 11) is 0. The molecule has 0 saturated heterocycles. The minimum absolute atomic E-state index is 0.0272. The first-order chi connectivity index (χ1) is 8.15. The number of carbonyl (C=O) groups excluding carboxylic acids is 1. The van der Waals surface area contributed by atoms with Gasteiger partial charge in [-0.1, -0.05) is 35.8 Å². The quantitative estimate of drug-likeness (QED) is 0.835. The number of aryl methyl sites for hydroxylation is 1. The Morgan fingerprint density at radius 2 is 2.18 bits per heavy atom. The van der Waals surface area contributed by atoms with E-state index in [9.17, 15) is 9.90 Å². The predicted molar refractivity (Wildman–Crippen MR) is 60.7 cm³/mol. The molecule has 17 heavy (non-hydrogen) atoms. The summed E-state index contributed by atoms with van der Waals surface area (Å²) in [5.41, 5.74) is 0.834. The standard InChI is InChI=1S/C12H10ClNO3/c1-2-9-10(12(15)16)11(17-14-9)7-5-3-4-6-8(7)13/h3-6H,2H2,1H3,(H,15,16)/p-1. The van der Waals surface area contributed by atoms with Gasteiger partial charge in [-0.25, -0.2) is 0 Å². The number of carboxylic acids is 1. The lowest BCUT2D eigenvalue weighted by Gasteiger charge is -2.05. The fourth-order valence-electron chi connectivity index (χ4n) is 1.60. The highest BCUT2D eigenvalue weighted by Crippen LogP contribution is 2.31. The van der Waals surface area contributed by atoms with E-state index in [1.54, 1.807) is 31.2 Å². The first kappa shape index (κ1) is 11.7. The molecule has 5 heteroatoms. The van der Waals surface area contributed by atoms with Crippen molar-refractivity contribution >= 4 is 17.6 Å². The van der Waals surface area contributed by atoms with Gasteiger partial charge < -0.3 is 14.4 Å². The summed E-state index contributed by atoms with van der Waals surface area (Å²) in [5, 5.41) is 15.2. The number of hydrogen-bond donors (Lipinski definition) is 0. The van der Waals surface area contributed by atoms with Crippen LogP contribution in [0.4, 0.5) is 0 Å². The van der Waals surface area contributed by atoms with Crippen LogP contribution in [-0.2, 0) is 6.42 Å². The largest absolute Gasteiger partial charge is 0.545 e. The second kappa shape index (κ2) is 4.59. The Morgan fingerprint density at radius 1 is 1.47 bits per heavy atom. The zero-order valence-electron chi connectivity index (χ0n) is 9.07. The maximum Gasteiger partial charge on any atom is 0.177 e. The third-order valence-corrected chi connectivity index (χ3v) is 2.75. The first-order valence-corrected chi connectivity index (χ1v) is 5.47. The lowest BCUT2D eigenvalue weighted by molar-refractivity contribution is -0.255. The molecule has 0 aliphatic carbocycles. The minimum atomic E-state index is -1.31. The molecule has 2 rings (SSSR count). The molecule has 0 amide bonds. The van der Waals surface area contributed by atoms with Gasteiger partial charge in [-0.05, 0) is 18.6 Å². The van der Waals surface area contributed by atoms with Crippen LogP contribution in [0, 0.1) is 0 Å². The maximum absolute atomic E-state index is 11.1. The maximum atomic E-state index is 11.1. The van der Waals surface area contributed by atoms with Crippen LogP contribution in [0.3, 0.4) is 0 Å². The summed E-state index contributed by atoms with van der Waals surface area (Å²) in [6, 6.07) is 6.83. The van der Waals surface area contributed by atoms with Gasteiger partial charge in [0, 0.05) is 5.56 Å². The van der Waals surface area contributed by atoms with E-state index in [4.69, 9.17) is 16.1 Å². The van der Waals surface area contributed by atoms with Gasteiger partial charge in [-0.2, -0.15) is 0 Å². The molecular weight excluding hydrogens is 242 g/mol. The summed E-state index contributed by atoms with van der Waals surface area (Å²) in [6.07, 6.45) is 0.456. The van der Waals surface area contributed by atoms with E-state index in [-0.39, 0.29) is 11.3 Å². The summed E-state index contributed by atoms with van der Waals surface area (Å²) in [4.78, 5) is 11.1. The van der Waals surface area contributed by atoms with Crippen LogP contribution in [-0.4, -0.2) is 11.1 Å². The molecule has 0 bridgehead atoms. The molecule has 1 aromatic carbocycles. The fraction of sp³-hybridized carbons (Fsp3) is 0.167. The Bertz CT molecular complexity index is 563. The Balaban J connectivity index is 2.64. The number of rotatable bonds is 3. The summed E-state index contributed by atoms with van der Waals surface area (Å²) < 4.78 is 5.06. The van der Waals surface area contributed by atoms with Gasteiger partial charge >= 0.3 is 0 Å². The third kappa shape index (κ3) is 2.03. The zero-order valence-corrected chi connectivity index (χ0v) is 9.82. The van der Waals surface area contributed by atoms with Crippen LogP contribution < -0.4 is 5.11 Å². The molecule has 0 unspecified atom stereocenters. The highest BCUT2D eigenvalue weighted by atomic mass is 35.5. The smallest absolute Gasteiger partial charge is 0.177 e. The van der Waals surface area contributed by atoms with Crippen LogP contribution in [0.5, 0.6) is 0 Å². The molecule has 4 nitrogen and oxygen atoms in total. The van der Waals surface area contributed by atoms with Crippen LogP contribution in [0.15, 0.2) is 28.8 Å². The van der Waals surface area contributed by atoms with E-state index in [1.807, 2.05) is 0 Å². The van der Waals surface area contributed by atoms with E-state index in [1.165, 1.54) is 0 Å². The molecule has 0 spiro atoms. The number of aromatic nitrogens is 1. The molecule has 88 valence electrons. The van der Waals surface area contributed by atoms with Crippen molar-refractivity contribution in [2.45, 2.75) is 13.3 Å². The van der Waals surface area contributed by atoms with Crippen LogP contribution >= 0.6 is 11.6 Å². The molecule has 0 aliphatic rings. The van der Waals surface area contributed by atoms with Gasteiger partial charge in [0.2, 0.25) is 0 Å². The Morgan fingerprint density at radius 3 is 2.76 bits per heavy atom. The van der Waals surface area contributed by atoms with Crippen molar-refractivity contribution in [1.29, 1.82) is 0 Å². The van der Waals surface area contributed by atoms with Crippen LogP contribution in [0.25, 0.3) is 11.3 Å². The average Bonchev–Trinajstić information content (AvgIpc) is 2.73. The molecule has 0 radical (unpaired) electrons. The van der Waals surface area contributed by atoms with Gasteiger partial charge in [-0.15, -0.1) is 0 Å². The van der Waals surface area contributed by atoms with Crippen molar-refractivity contribution in [3.8, 4) is 11.3 Å². The van der Waals surface area contributed by atoms with E-state index >= 15 is 0 Å². The van der Waals surface area contributed by atoms with Crippen molar-refractivity contribution in [2.75, 3.05) is 0 Å². The van der Waals surface area contributed by atoms with Gasteiger partial charge in [0.15, 0.2) is 5.76 Å². The van der Waals surface area contributed by atoms with Crippen LogP contribution in [0.1, 0.15) is 23.0 Å². The second-order valence-electron chi connectivity index (χ2n) is 3.45. The number of hydrogen-bond acceptors (Lipinski definition) is 4. The molecular formula is C12H9ClNO3-. The van der Waals surface area contributed by atoms with E-state index in [0.29, 0.717) is 22.7 Å². The Kier molecular flexibility index (Phi) is 3.15. The van der Waals surface area contributed by atoms with Crippen molar-refractivity contribution in [1.82, 2.24) is 5.16 Å². The Labute approximate surface area is 103 Å². The number of carboxylic acid groups (broad SMARTS) is 1. The number of benzene rings is 1. The number of halogens is 1. The van der Waals surface area contributed by atoms with Crippen molar-refractivity contribution < 1.29 is 14.4 Å². The van der Waals surface area contributed by atoms with Gasteiger partial charge in [0.1, 0.15) is 0 Å². The highest BCUT2D eigenvalue weighted by Gasteiger charge is 2.19. The lowest BCUT2D eigenvalue weighted by Crippen LogP contribution is -2.23. The van der Waals surface area contributed by atoms with Crippen LogP contribution in [0.2, 0.25) is 5.02 Å². The third-order valence-electron chi connectivity index (χ3n) is 2.42. The van der Waals surface area contributed by atoms with Crippen molar-refractivity contribution in [3.63, 3.8) is 0 Å². The van der Waals surface area contributed by atoms with E-state index in [2.05, 4.69) is 5.16 Å². The molecule has 0 atom stereocenters. The monoisotopic (exact) mass is 250 g/mol. The molecule has 1 aromatic heterocycles. The number of aromatic carboxylic acids is 1. The summed E-state index contributed by atoms with van der Waals surface area (Å²) >= 11 is 5.99. The normalized spacial score (nSPS) is 10.5. The van der Waals surface area contributed by atoms with Gasteiger partial charge in [0.25, 0.3) is 0 Å². The van der Waals surface area contributed by atoms with Gasteiger partial charge in [0.05, 0.1) is 22.2 Å². The molecule has 0 aliphatic heterocycles. The molecule has 2 aromatic rings. The molecule has 0 saturated carbocycles. The van der Waals surface area contributed by atoms with E-state index in [0.717, 1.165) is 0 Å². The SMILES string of the molecule is CCc1noc(-c2ccccc2Cl)c1C(=O)[O-]. The zero-order chi connectivity index (χ0) is 12.4. The molecule has 0 fully saturated rings. The Hall–Kier alpha value is -1.81. The minimum Gasteiger partial charge on any atom is -0.545 e. The number of carbonyl (C=O) groups is 1. The lowest BCUT2D eigenvalue weighted by atomic mass is 10.1. The van der Waals surface area contributed by atoms with Crippen molar-refractivity contribution in [3.05, 3.63) is 40.5 Å². The van der Waals surface area contributed by atoms with E-state index < -0.39 is 5.97 Å². The second-order valence-corrected chi connectivity index (χ2v) is 3.86. The summed E-state index contributed by atoms with van der Waals surface area (Å²) in [6.45, 7) is 1.79. The van der Waals surface area contributed by atoms with Gasteiger partial charge in [-0.3, -0.25) is 0 Å². The topological polar surface area (TPSA) is 66.2 Å². The van der Waals surface area contributed by atoms with Crippen molar-refractivity contribution in [2.24, 2.45) is 0 Å². The molecule has 1 heterocycles. The fourth-order valence-corrected chi connectivity index (χ4v) is 1.83. The summed E-state index contributed by atoms with van der Waals surface area (Å²) in [5.74, 6) is -1.16. The predicted octanol–water partition coefficient (Wildman–Crippen LogP) is 1.92. The first-order valence-electron chi connectivity index (χ1n) is 5.10. The molecule has 0 N–H and O–H groups in total. The number of nitrogens with zero attached hydrogens (tertiary/aromatic N) is 1. The highest BCUT2D eigenvalue weighted by molar-refractivity contribution is 6.33. The average molecular weight is 251 g/mol.